The van der Waals surface area contributed by atoms with Crippen LogP contribution in [0.3, 0.4) is 0 Å². The zero-order valence-electron chi connectivity index (χ0n) is 11.3. The molecule has 0 unspecified atom stereocenters. The van der Waals surface area contributed by atoms with Crippen LogP contribution >= 0.6 is 0 Å². The van der Waals surface area contributed by atoms with E-state index in [0.29, 0.717) is 12.3 Å². The molecule has 1 aromatic heterocycles. The molecule has 0 aliphatic rings. The molecule has 6 heteroatoms. The molecule has 0 fully saturated rings. The Bertz CT molecular complexity index is 649. The molecule has 1 aromatic carbocycles. The Morgan fingerprint density at radius 1 is 1.14 bits per heavy atom. The Hall–Kier alpha value is -2.60. The first kappa shape index (κ1) is 14.8. The van der Waals surface area contributed by atoms with Gasteiger partial charge in [0.25, 0.3) is 0 Å². The summed E-state index contributed by atoms with van der Waals surface area (Å²) >= 11 is 0. The molecule has 2 aromatic rings. The van der Waals surface area contributed by atoms with Gasteiger partial charge in [0.05, 0.1) is 13.0 Å². The monoisotopic (exact) mass is 288 g/mol. The largest absolute Gasteiger partial charge is 0.475 e. The lowest BCUT2D eigenvalue weighted by atomic mass is 10.0. The molecule has 0 aliphatic carbocycles. The van der Waals surface area contributed by atoms with Gasteiger partial charge in [-0.15, -0.1) is 0 Å². The molecule has 0 saturated carbocycles. The molecular formula is C15H16N2O4. The van der Waals surface area contributed by atoms with E-state index in [-0.39, 0.29) is 24.6 Å². The highest BCUT2D eigenvalue weighted by atomic mass is 16.4. The lowest BCUT2D eigenvalue weighted by Gasteiger charge is -2.07. The molecule has 110 valence electrons. The van der Waals surface area contributed by atoms with Gasteiger partial charge in [0, 0.05) is 6.54 Å². The summed E-state index contributed by atoms with van der Waals surface area (Å²) in [6, 6.07) is 10.4. The SMILES string of the molecule is NCc1ccccc1CC(=O)NCc1ccc(C(=O)O)o1. The van der Waals surface area contributed by atoms with Crippen molar-refractivity contribution in [3.8, 4) is 0 Å². The summed E-state index contributed by atoms with van der Waals surface area (Å²) in [4.78, 5) is 22.6. The minimum absolute atomic E-state index is 0.146. The molecule has 4 N–H and O–H groups in total. The highest BCUT2D eigenvalue weighted by Crippen LogP contribution is 2.10. The standard InChI is InChI=1S/C15H16N2O4/c16-8-11-4-2-1-3-10(11)7-14(18)17-9-12-5-6-13(21-12)15(19)20/h1-6H,7-9,16H2,(H,17,18)(H,19,20). The number of carbonyl (C=O) groups is 2. The summed E-state index contributed by atoms with van der Waals surface area (Å²) in [7, 11) is 0. The van der Waals surface area contributed by atoms with Crippen LogP contribution in [0.4, 0.5) is 0 Å². The Balaban J connectivity index is 1.91. The van der Waals surface area contributed by atoms with Crippen molar-refractivity contribution in [2.24, 2.45) is 5.73 Å². The molecule has 0 spiro atoms. The van der Waals surface area contributed by atoms with Crippen LogP contribution in [0.1, 0.15) is 27.4 Å². The van der Waals surface area contributed by atoms with E-state index in [1.54, 1.807) is 0 Å². The average Bonchev–Trinajstić information content (AvgIpc) is 2.95. The van der Waals surface area contributed by atoms with Crippen LogP contribution < -0.4 is 11.1 Å². The van der Waals surface area contributed by atoms with E-state index in [1.165, 1.54) is 12.1 Å². The fourth-order valence-corrected chi connectivity index (χ4v) is 1.94. The molecule has 2 rings (SSSR count). The minimum atomic E-state index is -1.13. The molecular weight excluding hydrogens is 272 g/mol. The molecule has 1 amide bonds. The topological polar surface area (TPSA) is 106 Å². The van der Waals surface area contributed by atoms with Crippen molar-refractivity contribution < 1.29 is 19.1 Å². The van der Waals surface area contributed by atoms with Gasteiger partial charge < -0.3 is 20.6 Å². The summed E-state index contributed by atoms with van der Waals surface area (Å²) in [6.45, 7) is 0.528. The molecule has 0 atom stereocenters. The third-order valence-corrected chi connectivity index (χ3v) is 3.02. The van der Waals surface area contributed by atoms with E-state index in [4.69, 9.17) is 15.3 Å². The molecule has 1 heterocycles. The van der Waals surface area contributed by atoms with Crippen molar-refractivity contribution >= 4 is 11.9 Å². The second kappa shape index (κ2) is 6.71. The van der Waals surface area contributed by atoms with Crippen LogP contribution in [0.25, 0.3) is 0 Å². The van der Waals surface area contributed by atoms with Crippen LogP contribution in [-0.2, 0) is 24.3 Å². The second-order valence-electron chi connectivity index (χ2n) is 4.50. The van der Waals surface area contributed by atoms with Crippen LogP contribution in [0, 0.1) is 0 Å². The maximum atomic E-state index is 11.9. The van der Waals surface area contributed by atoms with Crippen LogP contribution in [-0.4, -0.2) is 17.0 Å². The third-order valence-electron chi connectivity index (χ3n) is 3.02. The minimum Gasteiger partial charge on any atom is -0.475 e. The first-order valence-electron chi connectivity index (χ1n) is 6.45. The van der Waals surface area contributed by atoms with E-state index in [9.17, 15) is 9.59 Å². The lowest BCUT2D eigenvalue weighted by molar-refractivity contribution is -0.120. The van der Waals surface area contributed by atoms with Crippen molar-refractivity contribution in [3.05, 3.63) is 59.0 Å². The van der Waals surface area contributed by atoms with Crippen molar-refractivity contribution in [3.63, 3.8) is 0 Å². The van der Waals surface area contributed by atoms with Gasteiger partial charge in [0.1, 0.15) is 5.76 Å². The fraction of sp³-hybridized carbons (Fsp3) is 0.200. The first-order valence-corrected chi connectivity index (χ1v) is 6.45. The van der Waals surface area contributed by atoms with Gasteiger partial charge in [0.15, 0.2) is 0 Å². The number of furan rings is 1. The Morgan fingerprint density at radius 3 is 2.48 bits per heavy atom. The van der Waals surface area contributed by atoms with E-state index >= 15 is 0 Å². The average molecular weight is 288 g/mol. The smallest absolute Gasteiger partial charge is 0.371 e. The molecule has 21 heavy (non-hydrogen) atoms. The van der Waals surface area contributed by atoms with Gasteiger partial charge in [-0.25, -0.2) is 4.79 Å². The van der Waals surface area contributed by atoms with Crippen LogP contribution in [0.2, 0.25) is 0 Å². The number of aromatic carboxylic acids is 1. The number of benzene rings is 1. The van der Waals surface area contributed by atoms with Crippen molar-refractivity contribution in [1.82, 2.24) is 5.32 Å². The number of hydrogen-bond donors (Lipinski definition) is 3. The number of carboxylic acid groups (broad SMARTS) is 1. The van der Waals surface area contributed by atoms with Gasteiger partial charge in [-0.05, 0) is 23.3 Å². The number of carbonyl (C=O) groups excluding carboxylic acids is 1. The van der Waals surface area contributed by atoms with Crippen LogP contribution in [0.5, 0.6) is 0 Å². The van der Waals surface area contributed by atoms with Gasteiger partial charge in [-0.1, -0.05) is 24.3 Å². The van der Waals surface area contributed by atoms with Gasteiger partial charge in [-0.2, -0.15) is 0 Å². The predicted molar refractivity (Wildman–Crippen MR) is 75.6 cm³/mol. The maximum Gasteiger partial charge on any atom is 0.371 e. The Kier molecular flexibility index (Phi) is 4.73. The van der Waals surface area contributed by atoms with Crippen molar-refractivity contribution in [1.29, 1.82) is 0 Å². The Morgan fingerprint density at radius 2 is 1.86 bits per heavy atom. The van der Waals surface area contributed by atoms with E-state index in [1.807, 2.05) is 24.3 Å². The summed E-state index contributed by atoms with van der Waals surface area (Å²) in [5.41, 5.74) is 7.43. The van der Waals surface area contributed by atoms with Gasteiger partial charge in [-0.3, -0.25) is 4.79 Å². The number of nitrogens with one attached hydrogen (secondary N) is 1. The molecule has 6 nitrogen and oxygen atoms in total. The first-order chi connectivity index (χ1) is 10.1. The van der Waals surface area contributed by atoms with E-state index in [2.05, 4.69) is 5.32 Å². The Labute approximate surface area is 121 Å². The summed E-state index contributed by atoms with van der Waals surface area (Å²) in [5, 5.41) is 11.4. The number of hydrogen-bond acceptors (Lipinski definition) is 4. The highest BCUT2D eigenvalue weighted by molar-refractivity contribution is 5.84. The van der Waals surface area contributed by atoms with Gasteiger partial charge in [0.2, 0.25) is 11.7 Å². The number of nitrogens with two attached hydrogens (primary N) is 1. The van der Waals surface area contributed by atoms with E-state index < -0.39 is 5.97 Å². The van der Waals surface area contributed by atoms with Gasteiger partial charge >= 0.3 is 5.97 Å². The van der Waals surface area contributed by atoms with E-state index in [0.717, 1.165) is 11.1 Å². The predicted octanol–water partition coefficient (Wildman–Crippen LogP) is 1.30. The summed E-state index contributed by atoms with van der Waals surface area (Å²) in [5.74, 6) is -1.06. The maximum absolute atomic E-state index is 11.9. The number of rotatable bonds is 6. The number of amides is 1. The molecule has 0 saturated heterocycles. The van der Waals surface area contributed by atoms with Crippen LogP contribution in [0.15, 0.2) is 40.8 Å². The lowest BCUT2D eigenvalue weighted by Crippen LogP contribution is -2.25. The summed E-state index contributed by atoms with van der Waals surface area (Å²) in [6.07, 6.45) is 0.222. The fourth-order valence-electron chi connectivity index (χ4n) is 1.94. The number of carboxylic acids is 1. The highest BCUT2D eigenvalue weighted by Gasteiger charge is 2.11. The summed E-state index contributed by atoms with van der Waals surface area (Å²) < 4.78 is 5.06. The molecule has 0 radical (unpaired) electrons. The zero-order chi connectivity index (χ0) is 15.2. The normalized spacial score (nSPS) is 10.3. The second-order valence-corrected chi connectivity index (χ2v) is 4.50. The molecule has 0 bridgehead atoms. The molecule has 0 aliphatic heterocycles. The van der Waals surface area contributed by atoms with Crippen molar-refractivity contribution in [2.45, 2.75) is 19.5 Å². The van der Waals surface area contributed by atoms with Crippen molar-refractivity contribution in [2.75, 3.05) is 0 Å². The zero-order valence-corrected chi connectivity index (χ0v) is 11.3. The quantitative estimate of drug-likeness (QED) is 0.743. The third kappa shape index (κ3) is 3.93.